The van der Waals surface area contributed by atoms with E-state index in [-0.39, 0.29) is 5.91 Å². The molecule has 1 aliphatic rings. The highest BCUT2D eigenvalue weighted by atomic mass is 16.5. The molecule has 1 aliphatic heterocycles. The van der Waals surface area contributed by atoms with Gasteiger partial charge >= 0.3 is 0 Å². The lowest BCUT2D eigenvalue weighted by Gasteiger charge is -2.23. The maximum Gasteiger partial charge on any atom is 0.254 e. The van der Waals surface area contributed by atoms with Gasteiger partial charge in [0, 0.05) is 18.8 Å². The molecule has 1 aromatic carbocycles. The number of hydrogen-bond acceptors (Lipinski definition) is 4. The van der Waals surface area contributed by atoms with Gasteiger partial charge in [-0.1, -0.05) is 12.1 Å². The van der Waals surface area contributed by atoms with Crippen molar-refractivity contribution in [2.45, 2.75) is 25.4 Å². The highest BCUT2D eigenvalue weighted by molar-refractivity contribution is 5.94. The minimum absolute atomic E-state index is 0.149. The molecule has 0 aromatic heterocycles. The largest absolute Gasteiger partial charge is 0.366 e. The molecule has 5 nitrogen and oxygen atoms in total. The lowest BCUT2D eigenvalue weighted by atomic mass is 9.86. The summed E-state index contributed by atoms with van der Waals surface area (Å²) in [4.78, 5) is 12.0. The Morgan fingerprint density at radius 2 is 2.15 bits per heavy atom. The van der Waals surface area contributed by atoms with E-state index in [2.05, 4.69) is 16.7 Å². The van der Waals surface area contributed by atoms with Gasteiger partial charge in [0.05, 0.1) is 18.1 Å². The Bertz CT molecular complexity index is 511. The zero-order valence-electron chi connectivity index (χ0n) is 11.8. The smallest absolute Gasteiger partial charge is 0.254 e. The monoisotopic (exact) mass is 273 g/mol. The maximum absolute atomic E-state index is 12.0. The Hall–Kier alpha value is -1.90. The van der Waals surface area contributed by atoms with Crippen molar-refractivity contribution in [3.05, 3.63) is 29.8 Å². The van der Waals surface area contributed by atoms with E-state index in [0.29, 0.717) is 18.8 Å². The van der Waals surface area contributed by atoms with Crippen LogP contribution in [0.15, 0.2) is 24.3 Å². The molecule has 0 radical (unpaired) electrons. The Balaban J connectivity index is 2.00. The summed E-state index contributed by atoms with van der Waals surface area (Å²) in [5.41, 5.74) is 1.11. The standard InChI is InChI=1S/C15H19N3O2/c1-15(2,10-16)11-3-5-12(6-4-11)18-14(19)13-9-17-7-8-20-13/h3-6,13,17H,7-9H2,1-2H3,(H,18,19). The fraction of sp³-hybridized carbons (Fsp3) is 0.467. The van der Waals surface area contributed by atoms with Crippen molar-refractivity contribution >= 4 is 11.6 Å². The molecule has 0 aliphatic carbocycles. The molecular formula is C15H19N3O2. The Labute approximate surface area is 118 Å². The Kier molecular flexibility index (Phi) is 4.38. The van der Waals surface area contributed by atoms with Crippen LogP contribution in [0.4, 0.5) is 5.69 Å². The van der Waals surface area contributed by atoms with Gasteiger partial charge in [-0.3, -0.25) is 4.79 Å². The number of ether oxygens (including phenoxy) is 1. The summed E-state index contributed by atoms with van der Waals surface area (Å²) >= 11 is 0. The molecule has 1 saturated heterocycles. The fourth-order valence-corrected chi connectivity index (χ4v) is 1.99. The summed E-state index contributed by atoms with van der Waals surface area (Å²) in [5, 5.41) is 15.0. The molecule has 1 atom stereocenters. The number of nitrogens with one attached hydrogen (secondary N) is 2. The van der Waals surface area contributed by atoms with Crippen LogP contribution in [-0.2, 0) is 14.9 Å². The van der Waals surface area contributed by atoms with E-state index in [1.54, 1.807) is 0 Å². The molecule has 0 spiro atoms. The van der Waals surface area contributed by atoms with Crippen molar-refractivity contribution in [2.24, 2.45) is 0 Å². The number of hydrogen-bond donors (Lipinski definition) is 2. The molecule has 2 N–H and O–H groups in total. The lowest BCUT2D eigenvalue weighted by molar-refractivity contribution is -0.128. The third-order valence-electron chi connectivity index (χ3n) is 3.37. The molecule has 0 saturated carbocycles. The molecule has 1 fully saturated rings. The number of benzene rings is 1. The highest BCUT2D eigenvalue weighted by Crippen LogP contribution is 2.23. The van der Waals surface area contributed by atoms with Crippen LogP contribution < -0.4 is 10.6 Å². The third kappa shape index (κ3) is 3.35. The van der Waals surface area contributed by atoms with Crippen LogP contribution in [0.5, 0.6) is 0 Å². The van der Waals surface area contributed by atoms with Gasteiger partial charge in [0.1, 0.15) is 6.10 Å². The number of morpholine rings is 1. The number of carbonyl (C=O) groups is 1. The average Bonchev–Trinajstić information content (AvgIpc) is 2.48. The molecule has 1 heterocycles. The summed E-state index contributed by atoms with van der Waals surface area (Å²) in [5.74, 6) is -0.149. The van der Waals surface area contributed by atoms with E-state index < -0.39 is 11.5 Å². The number of nitrogens with zero attached hydrogens (tertiary/aromatic N) is 1. The molecule has 1 amide bonds. The van der Waals surface area contributed by atoms with Crippen LogP contribution in [0.2, 0.25) is 0 Å². The maximum atomic E-state index is 12.0. The first-order valence-corrected chi connectivity index (χ1v) is 6.68. The second-order valence-corrected chi connectivity index (χ2v) is 5.37. The van der Waals surface area contributed by atoms with Gasteiger partial charge in [0.25, 0.3) is 5.91 Å². The summed E-state index contributed by atoms with van der Waals surface area (Å²) in [6.45, 7) is 5.59. The summed E-state index contributed by atoms with van der Waals surface area (Å²) < 4.78 is 5.39. The van der Waals surface area contributed by atoms with E-state index >= 15 is 0 Å². The molecule has 2 rings (SSSR count). The van der Waals surface area contributed by atoms with Crippen molar-refractivity contribution in [1.29, 1.82) is 5.26 Å². The third-order valence-corrected chi connectivity index (χ3v) is 3.37. The van der Waals surface area contributed by atoms with E-state index in [9.17, 15) is 4.79 Å². The number of anilines is 1. The van der Waals surface area contributed by atoms with Crippen molar-refractivity contribution in [1.82, 2.24) is 5.32 Å². The van der Waals surface area contributed by atoms with Crippen LogP contribution in [0.3, 0.4) is 0 Å². The molecule has 1 aromatic rings. The Morgan fingerprint density at radius 1 is 1.45 bits per heavy atom. The molecule has 1 unspecified atom stereocenters. The zero-order valence-corrected chi connectivity index (χ0v) is 11.8. The van der Waals surface area contributed by atoms with Crippen LogP contribution in [0, 0.1) is 11.3 Å². The van der Waals surface area contributed by atoms with Crippen LogP contribution in [0.25, 0.3) is 0 Å². The minimum Gasteiger partial charge on any atom is -0.366 e. The van der Waals surface area contributed by atoms with E-state index in [1.807, 2.05) is 38.1 Å². The fourth-order valence-electron chi connectivity index (χ4n) is 1.99. The molecule has 0 bridgehead atoms. The van der Waals surface area contributed by atoms with Crippen LogP contribution >= 0.6 is 0 Å². The summed E-state index contributed by atoms with van der Waals surface area (Å²) in [7, 11) is 0. The van der Waals surface area contributed by atoms with Gasteiger partial charge in [0.2, 0.25) is 0 Å². The summed E-state index contributed by atoms with van der Waals surface area (Å²) in [6, 6.07) is 9.59. The Morgan fingerprint density at radius 3 is 2.70 bits per heavy atom. The van der Waals surface area contributed by atoms with Gasteiger partial charge in [0.15, 0.2) is 0 Å². The first-order valence-electron chi connectivity index (χ1n) is 6.68. The minimum atomic E-state index is -0.529. The number of amides is 1. The lowest BCUT2D eigenvalue weighted by Crippen LogP contribution is -2.45. The van der Waals surface area contributed by atoms with Crippen molar-refractivity contribution in [2.75, 3.05) is 25.0 Å². The predicted octanol–water partition coefficient (Wildman–Crippen LogP) is 1.41. The van der Waals surface area contributed by atoms with Gasteiger partial charge in [-0.25, -0.2) is 0 Å². The molecular weight excluding hydrogens is 254 g/mol. The quantitative estimate of drug-likeness (QED) is 0.873. The van der Waals surface area contributed by atoms with Gasteiger partial charge < -0.3 is 15.4 Å². The second-order valence-electron chi connectivity index (χ2n) is 5.37. The van der Waals surface area contributed by atoms with Gasteiger partial charge in [-0.15, -0.1) is 0 Å². The highest BCUT2D eigenvalue weighted by Gasteiger charge is 2.22. The van der Waals surface area contributed by atoms with E-state index in [1.165, 1.54) is 0 Å². The number of rotatable bonds is 3. The van der Waals surface area contributed by atoms with Crippen molar-refractivity contribution in [3.8, 4) is 6.07 Å². The summed E-state index contributed by atoms with van der Waals surface area (Å²) in [6.07, 6.45) is -0.445. The second kappa shape index (κ2) is 6.04. The first-order chi connectivity index (χ1) is 9.53. The van der Waals surface area contributed by atoms with Gasteiger partial charge in [-0.05, 0) is 31.5 Å². The number of nitriles is 1. The zero-order chi connectivity index (χ0) is 14.6. The molecule has 5 heteroatoms. The van der Waals surface area contributed by atoms with Crippen LogP contribution in [-0.4, -0.2) is 31.7 Å². The predicted molar refractivity (Wildman–Crippen MR) is 76.3 cm³/mol. The normalized spacial score (nSPS) is 19.1. The van der Waals surface area contributed by atoms with E-state index in [0.717, 1.165) is 12.1 Å². The topological polar surface area (TPSA) is 74.2 Å². The van der Waals surface area contributed by atoms with Gasteiger partial charge in [-0.2, -0.15) is 5.26 Å². The van der Waals surface area contributed by atoms with Crippen molar-refractivity contribution in [3.63, 3.8) is 0 Å². The molecule has 106 valence electrons. The average molecular weight is 273 g/mol. The van der Waals surface area contributed by atoms with E-state index in [4.69, 9.17) is 10.00 Å². The molecule has 20 heavy (non-hydrogen) atoms. The number of carbonyl (C=O) groups excluding carboxylic acids is 1. The van der Waals surface area contributed by atoms with Crippen LogP contribution in [0.1, 0.15) is 19.4 Å². The first kappa shape index (κ1) is 14.5. The SMILES string of the molecule is CC(C)(C#N)c1ccc(NC(=O)C2CNCCO2)cc1. The van der Waals surface area contributed by atoms with Crippen molar-refractivity contribution < 1.29 is 9.53 Å².